The van der Waals surface area contributed by atoms with Crippen molar-refractivity contribution in [3.63, 3.8) is 0 Å². The summed E-state index contributed by atoms with van der Waals surface area (Å²) in [5.41, 5.74) is 0.160. The van der Waals surface area contributed by atoms with Crippen molar-refractivity contribution in [1.82, 2.24) is 20.4 Å². The quantitative estimate of drug-likeness (QED) is 0.756. The number of halogens is 1. The fourth-order valence-electron chi connectivity index (χ4n) is 1.07. The number of rotatable bonds is 1. The van der Waals surface area contributed by atoms with Crippen molar-refractivity contribution in [2.24, 2.45) is 0 Å². The third-order valence-corrected chi connectivity index (χ3v) is 1.77. The molecule has 5 nitrogen and oxygen atoms in total. The van der Waals surface area contributed by atoms with E-state index in [1.165, 1.54) is 12.1 Å². The summed E-state index contributed by atoms with van der Waals surface area (Å²) in [6, 6.07) is 3.71. The molecule has 0 saturated heterocycles. The van der Waals surface area contributed by atoms with E-state index in [-0.39, 0.29) is 17.1 Å². The number of hydrogen-bond donors (Lipinski definition) is 1. The Morgan fingerprint density at radius 1 is 1.13 bits per heavy atom. The summed E-state index contributed by atoms with van der Waals surface area (Å²) >= 11 is 0. The average Bonchev–Trinajstić information content (AvgIpc) is 2.20. The summed E-state index contributed by atoms with van der Waals surface area (Å²) in [5, 5.41) is 23.7. The van der Waals surface area contributed by atoms with E-state index >= 15 is 0 Å². The van der Waals surface area contributed by atoms with Gasteiger partial charge in [0.05, 0.1) is 5.56 Å². The van der Waals surface area contributed by atoms with E-state index in [1.54, 1.807) is 6.92 Å². The predicted molar refractivity (Wildman–Crippen MR) is 49.4 cm³/mol. The zero-order valence-corrected chi connectivity index (χ0v) is 7.85. The fraction of sp³-hybridized carbons (Fsp3) is 0.111. The largest absolute Gasteiger partial charge is 0.508 e. The molecule has 2 rings (SSSR count). The molecule has 15 heavy (non-hydrogen) atoms. The standard InChI is InChI=1S/C9H7FN4O/c1-5-11-13-9(14-12-5)7-3-2-6(15)4-8(7)10/h2-4,15H,1H3. The Labute approximate surface area is 84.6 Å². The van der Waals surface area contributed by atoms with Crippen molar-refractivity contribution in [2.45, 2.75) is 6.92 Å². The van der Waals surface area contributed by atoms with E-state index < -0.39 is 5.82 Å². The summed E-state index contributed by atoms with van der Waals surface area (Å²) in [5.74, 6) is -0.247. The minimum atomic E-state index is -0.609. The minimum Gasteiger partial charge on any atom is -0.508 e. The van der Waals surface area contributed by atoms with Crippen LogP contribution >= 0.6 is 0 Å². The second-order valence-corrected chi connectivity index (χ2v) is 2.93. The van der Waals surface area contributed by atoms with Crippen molar-refractivity contribution in [3.05, 3.63) is 29.8 Å². The molecule has 1 N–H and O–H groups in total. The lowest BCUT2D eigenvalue weighted by atomic mass is 10.2. The number of hydrogen-bond acceptors (Lipinski definition) is 5. The first kappa shape index (κ1) is 9.45. The van der Waals surface area contributed by atoms with Crippen LogP contribution in [-0.2, 0) is 0 Å². The van der Waals surface area contributed by atoms with Crippen molar-refractivity contribution in [3.8, 4) is 17.1 Å². The van der Waals surface area contributed by atoms with Crippen molar-refractivity contribution in [1.29, 1.82) is 0 Å². The first-order valence-corrected chi connectivity index (χ1v) is 4.20. The molecule has 1 heterocycles. The van der Waals surface area contributed by atoms with Gasteiger partial charge in [-0.25, -0.2) is 4.39 Å². The summed E-state index contributed by atoms with van der Waals surface area (Å²) in [4.78, 5) is 0. The molecule has 0 fully saturated rings. The normalized spacial score (nSPS) is 10.3. The molecule has 0 amide bonds. The maximum atomic E-state index is 13.3. The summed E-state index contributed by atoms with van der Waals surface area (Å²) in [6.07, 6.45) is 0. The highest BCUT2D eigenvalue weighted by molar-refractivity contribution is 5.56. The zero-order chi connectivity index (χ0) is 10.8. The Hall–Kier alpha value is -2.11. The lowest BCUT2D eigenvalue weighted by Gasteiger charge is -2.00. The lowest BCUT2D eigenvalue weighted by Crippen LogP contribution is -1.99. The van der Waals surface area contributed by atoms with Crippen LogP contribution in [0, 0.1) is 12.7 Å². The van der Waals surface area contributed by atoms with Crippen LogP contribution in [0.25, 0.3) is 11.4 Å². The second kappa shape index (κ2) is 3.56. The Morgan fingerprint density at radius 3 is 2.40 bits per heavy atom. The van der Waals surface area contributed by atoms with Gasteiger partial charge in [0.2, 0.25) is 5.82 Å². The van der Waals surface area contributed by atoms with Gasteiger partial charge < -0.3 is 5.11 Å². The van der Waals surface area contributed by atoms with Gasteiger partial charge in [-0.05, 0) is 19.1 Å². The topological polar surface area (TPSA) is 71.8 Å². The number of phenolic OH excluding ortho intramolecular Hbond substituents is 1. The number of phenols is 1. The van der Waals surface area contributed by atoms with E-state index in [9.17, 15) is 4.39 Å². The van der Waals surface area contributed by atoms with Gasteiger partial charge in [-0.1, -0.05) is 0 Å². The number of aromatic hydroxyl groups is 1. The molecule has 0 radical (unpaired) electrons. The molecule has 0 spiro atoms. The van der Waals surface area contributed by atoms with Crippen LogP contribution in [0.2, 0.25) is 0 Å². The van der Waals surface area contributed by atoms with Crippen LogP contribution < -0.4 is 0 Å². The van der Waals surface area contributed by atoms with Gasteiger partial charge in [0, 0.05) is 6.07 Å². The van der Waals surface area contributed by atoms with Crippen LogP contribution in [0.5, 0.6) is 5.75 Å². The van der Waals surface area contributed by atoms with Crippen LogP contribution in [0.15, 0.2) is 18.2 Å². The third kappa shape index (κ3) is 1.88. The van der Waals surface area contributed by atoms with Gasteiger partial charge in [-0.3, -0.25) is 0 Å². The molecule has 0 bridgehead atoms. The summed E-state index contributed by atoms with van der Waals surface area (Å²) in [7, 11) is 0. The first-order valence-electron chi connectivity index (χ1n) is 4.20. The number of nitrogens with zero attached hydrogens (tertiary/aromatic N) is 4. The molecule has 1 aromatic carbocycles. The van der Waals surface area contributed by atoms with Crippen LogP contribution in [0.1, 0.15) is 5.82 Å². The first-order chi connectivity index (χ1) is 7.16. The van der Waals surface area contributed by atoms with Crippen molar-refractivity contribution in [2.75, 3.05) is 0 Å². The van der Waals surface area contributed by atoms with Crippen LogP contribution in [0.4, 0.5) is 4.39 Å². The lowest BCUT2D eigenvalue weighted by molar-refractivity contribution is 0.469. The molecular weight excluding hydrogens is 199 g/mol. The molecule has 0 aliphatic carbocycles. The molecule has 1 aromatic heterocycles. The molecule has 0 aliphatic rings. The maximum Gasteiger partial charge on any atom is 0.206 e. The molecule has 6 heteroatoms. The van der Waals surface area contributed by atoms with E-state index in [2.05, 4.69) is 20.4 Å². The van der Waals surface area contributed by atoms with E-state index in [0.29, 0.717) is 5.82 Å². The number of aryl methyl sites for hydroxylation is 1. The van der Waals surface area contributed by atoms with Crippen molar-refractivity contribution < 1.29 is 9.50 Å². The monoisotopic (exact) mass is 206 g/mol. The van der Waals surface area contributed by atoms with E-state index in [0.717, 1.165) is 6.07 Å². The van der Waals surface area contributed by atoms with Gasteiger partial charge in [0.25, 0.3) is 0 Å². The van der Waals surface area contributed by atoms with E-state index in [1.807, 2.05) is 0 Å². The Bertz CT molecular complexity index is 486. The van der Waals surface area contributed by atoms with E-state index in [4.69, 9.17) is 5.11 Å². The SMILES string of the molecule is Cc1nnc(-c2ccc(O)cc2F)nn1. The average molecular weight is 206 g/mol. The van der Waals surface area contributed by atoms with Crippen LogP contribution in [-0.4, -0.2) is 25.5 Å². The maximum absolute atomic E-state index is 13.3. The Morgan fingerprint density at radius 2 is 1.80 bits per heavy atom. The predicted octanol–water partition coefficient (Wildman–Crippen LogP) is 1.09. The van der Waals surface area contributed by atoms with Gasteiger partial charge in [0.1, 0.15) is 11.6 Å². The highest BCUT2D eigenvalue weighted by Crippen LogP contribution is 2.21. The van der Waals surface area contributed by atoms with Gasteiger partial charge >= 0.3 is 0 Å². The van der Waals surface area contributed by atoms with Crippen molar-refractivity contribution >= 4 is 0 Å². The number of aromatic nitrogens is 4. The molecule has 0 saturated carbocycles. The molecule has 0 aliphatic heterocycles. The Kier molecular flexibility index (Phi) is 2.24. The molecule has 2 aromatic rings. The summed E-state index contributed by atoms with van der Waals surface area (Å²) in [6.45, 7) is 1.64. The van der Waals surface area contributed by atoms with Gasteiger partial charge in [0.15, 0.2) is 5.82 Å². The highest BCUT2D eigenvalue weighted by Gasteiger charge is 2.09. The zero-order valence-electron chi connectivity index (χ0n) is 7.85. The molecule has 0 atom stereocenters. The highest BCUT2D eigenvalue weighted by atomic mass is 19.1. The summed E-state index contributed by atoms with van der Waals surface area (Å²) < 4.78 is 13.3. The second-order valence-electron chi connectivity index (χ2n) is 2.93. The van der Waals surface area contributed by atoms with Gasteiger partial charge in [-0.15, -0.1) is 20.4 Å². The minimum absolute atomic E-state index is 0.0955. The Balaban J connectivity index is 2.49. The molecular formula is C9H7FN4O. The third-order valence-electron chi connectivity index (χ3n) is 1.77. The van der Waals surface area contributed by atoms with Gasteiger partial charge in [-0.2, -0.15) is 0 Å². The number of benzene rings is 1. The fourth-order valence-corrected chi connectivity index (χ4v) is 1.07. The smallest absolute Gasteiger partial charge is 0.206 e. The van der Waals surface area contributed by atoms with Crippen LogP contribution in [0.3, 0.4) is 0 Å². The molecule has 0 unspecified atom stereocenters. The molecule has 76 valence electrons.